The van der Waals surface area contributed by atoms with Crippen LogP contribution in [-0.4, -0.2) is 63.5 Å². The average Bonchev–Trinajstić information content (AvgIpc) is 3.31. The molecule has 0 aliphatic carbocycles. The molecule has 11 heteroatoms. The van der Waals surface area contributed by atoms with Gasteiger partial charge in [-0.25, -0.2) is 19.6 Å². The lowest BCUT2D eigenvalue weighted by Gasteiger charge is -2.26. The molecule has 2 aromatic rings. The van der Waals surface area contributed by atoms with E-state index < -0.39 is 30.6 Å². The highest BCUT2D eigenvalue weighted by atomic mass is 32.1. The molecule has 1 aromatic heterocycles. The second-order valence-electron chi connectivity index (χ2n) is 6.65. The summed E-state index contributed by atoms with van der Waals surface area (Å²) in [7, 11) is 0. The standard InChI is InChI=1S/C17H15F3N4O3S/c18-17(19,20)8-23-14(25)15(26)24(16(23)27)9-22-7-3-5-11(22)13-21-10-4-1-2-6-12(10)28-13/h1-2,4,6,11H,3,5,7-9H2/t11-/m1/s1. The monoisotopic (exact) mass is 412 g/mol. The van der Waals surface area contributed by atoms with Crippen LogP contribution < -0.4 is 0 Å². The van der Waals surface area contributed by atoms with Crippen molar-refractivity contribution < 1.29 is 27.6 Å². The van der Waals surface area contributed by atoms with E-state index in [-0.39, 0.29) is 17.6 Å². The molecule has 2 saturated heterocycles. The Hall–Kier alpha value is -2.53. The number of alkyl halides is 3. The molecule has 7 nitrogen and oxygen atoms in total. The number of rotatable bonds is 4. The summed E-state index contributed by atoms with van der Waals surface area (Å²) in [4.78, 5) is 43.1. The maximum Gasteiger partial charge on any atom is 0.406 e. The topological polar surface area (TPSA) is 73.8 Å². The first-order chi connectivity index (χ1) is 13.2. The largest absolute Gasteiger partial charge is 0.406 e. The number of para-hydroxylation sites is 1. The van der Waals surface area contributed by atoms with E-state index in [2.05, 4.69) is 4.98 Å². The summed E-state index contributed by atoms with van der Waals surface area (Å²) in [6.45, 7) is -1.46. The number of thiazole rings is 1. The van der Waals surface area contributed by atoms with Crippen molar-refractivity contribution in [3.63, 3.8) is 0 Å². The van der Waals surface area contributed by atoms with Gasteiger partial charge in [0.05, 0.1) is 22.9 Å². The molecule has 2 fully saturated rings. The number of aromatic nitrogens is 1. The van der Waals surface area contributed by atoms with E-state index in [9.17, 15) is 27.6 Å². The molecule has 0 N–H and O–H groups in total. The number of imide groups is 2. The van der Waals surface area contributed by atoms with Crippen LogP contribution in [0.5, 0.6) is 0 Å². The Kier molecular flexibility index (Phi) is 4.58. The molecule has 1 atom stereocenters. The highest BCUT2D eigenvalue weighted by Crippen LogP contribution is 2.36. The van der Waals surface area contributed by atoms with Crippen molar-refractivity contribution in [1.82, 2.24) is 19.7 Å². The van der Waals surface area contributed by atoms with Crippen molar-refractivity contribution >= 4 is 39.4 Å². The van der Waals surface area contributed by atoms with Crippen molar-refractivity contribution in [2.45, 2.75) is 25.1 Å². The Bertz CT molecular complexity index is 928. The summed E-state index contributed by atoms with van der Waals surface area (Å²) < 4.78 is 38.8. The van der Waals surface area contributed by atoms with E-state index >= 15 is 0 Å². The highest BCUT2D eigenvalue weighted by molar-refractivity contribution is 7.18. The van der Waals surface area contributed by atoms with Crippen LogP contribution in [0.3, 0.4) is 0 Å². The van der Waals surface area contributed by atoms with Gasteiger partial charge in [-0.05, 0) is 25.0 Å². The minimum absolute atomic E-state index is 0.0505. The average molecular weight is 412 g/mol. The van der Waals surface area contributed by atoms with E-state index in [4.69, 9.17) is 0 Å². The Labute approximate surface area is 161 Å². The molecule has 3 heterocycles. The normalized spacial score (nSPS) is 21.5. The molecule has 0 saturated carbocycles. The number of likely N-dealkylation sites (tertiary alicyclic amines) is 1. The molecule has 2 aliphatic rings. The number of amides is 4. The van der Waals surface area contributed by atoms with Crippen LogP contribution in [0.1, 0.15) is 23.9 Å². The van der Waals surface area contributed by atoms with Crippen LogP contribution in [-0.2, 0) is 9.59 Å². The third-order valence-electron chi connectivity index (χ3n) is 4.75. The van der Waals surface area contributed by atoms with E-state index in [0.29, 0.717) is 11.4 Å². The number of benzene rings is 1. The Morgan fingerprint density at radius 1 is 1.11 bits per heavy atom. The van der Waals surface area contributed by atoms with Gasteiger partial charge in [0, 0.05) is 6.54 Å². The first-order valence-electron chi connectivity index (χ1n) is 8.58. The second-order valence-corrected chi connectivity index (χ2v) is 7.72. The fourth-order valence-electron chi connectivity index (χ4n) is 3.48. The predicted octanol–water partition coefficient (Wildman–Crippen LogP) is 2.74. The Morgan fingerprint density at radius 3 is 2.54 bits per heavy atom. The molecule has 0 unspecified atom stereocenters. The van der Waals surface area contributed by atoms with Crippen molar-refractivity contribution in [1.29, 1.82) is 0 Å². The van der Waals surface area contributed by atoms with Gasteiger partial charge < -0.3 is 0 Å². The van der Waals surface area contributed by atoms with Gasteiger partial charge in [-0.1, -0.05) is 12.1 Å². The third kappa shape index (κ3) is 3.35. The molecule has 148 valence electrons. The van der Waals surface area contributed by atoms with Crippen molar-refractivity contribution in [2.24, 2.45) is 0 Å². The smallest absolute Gasteiger partial charge is 0.276 e. The van der Waals surface area contributed by atoms with Crippen molar-refractivity contribution in [3.05, 3.63) is 29.3 Å². The van der Waals surface area contributed by atoms with Gasteiger partial charge in [-0.15, -0.1) is 11.3 Å². The number of halogens is 3. The highest BCUT2D eigenvalue weighted by Gasteiger charge is 2.49. The third-order valence-corrected chi connectivity index (χ3v) is 5.89. The minimum Gasteiger partial charge on any atom is -0.276 e. The lowest BCUT2D eigenvalue weighted by atomic mass is 10.2. The van der Waals surface area contributed by atoms with Gasteiger partial charge >= 0.3 is 24.0 Å². The van der Waals surface area contributed by atoms with E-state index in [1.165, 1.54) is 11.3 Å². The number of urea groups is 1. The number of hydrogen-bond acceptors (Lipinski definition) is 6. The quantitative estimate of drug-likeness (QED) is 0.570. The SMILES string of the molecule is O=C1C(=O)N(CC(F)(F)F)C(=O)N1CN1CCC[C@@H]1c1nc2ccccc2s1. The van der Waals surface area contributed by atoms with E-state index in [1.807, 2.05) is 24.3 Å². The summed E-state index contributed by atoms with van der Waals surface area (Å²) in [5, 5.41) is 0.816. The van der Waals surface area contributed by atoms with E-state index in [0.717, 1.165) is 28.1 Å². The zero-order valence-electron chi connectivity index (χ0n) is 14.5. The number of fused-ring (bicyclic) bond motifs is 1. The van der Waals surface area contributed by atoms with Crippen LogP contribution >= 0.6 is 11.3 Å². The zero-order valence-corrected chi connectivity index (χ0v) is 15.3. The maximum atomic E-state index is 12.6. The molecular formula is C17H15F3N4O3S. The fraction of sp³-hybridized carbons (Fsp3) is 0.412. The molecule has 4 amide bonds. The molecule has 4 rings (SSSR count). The number of carbonyl (C=O) groups excluding carboxylic acids is 3. The predicted molar refractivity (Wildman–Crippen MR) is 93.2 cm³/mol. The fourth-order valence-corrected chi connectivity index (χ4v) is 4.62. The first kappa shape index (κ1) is 18.8. The molecule has 28 heavy (non-hydrogen) atoms. The second kappa shape index (κ2) is 6.82. The maximum absolute atomic E-state index is 12.6. The van der Waals surface area contributed by atoms with Gasteiger partial charge in [0.15, 0.2) is 0 Å². The first-order valence-corrected chi connectivity index (χ1v) is 9.40. The lowest BCUT2D eigenvalue weighted by molar-refractivity contribution is -0.156. The summed E-state index contributed by atoms with van der Waals surface area (Å²) >= 11 is 1.50. The molecule has 0 bridgehead atoms. The Morgan fingerprint density at radius 2 is 1.82 bits per heavy atom. The van der Waals surface area contributed by atoms with Gasteiger partial charge in [-0.3, -0.25) is 14.5 Å². The molecule has 2 aliphatic heterocycles. The summed E-state index contributed by atoms with van der Waals surface area (Å²) in [5.41, 5.74) is 0.842. The van der Waals surface area contributed by atoms with Gasteiger partial charge in [0.2, 0.25) is 0 Å². The molecule has 0 radical (unpaired) electrons. The van der Waals surface area contributed by atoms with Crippen LogP contribution in [0.25, 0.3) is 10.2 Å². The zero-order chi connectivity index (χ0) is 20.1. The lowest BCUT2D eigenvalue weighted by Crippen LogP contribution is -2.43. The summed E-state index contributed by atoms with van der Waals surface area (Å²) in [6, 6.07) is 6.21. The minimum atomic E-state index is -4.77. The Balaban J connectivity index is 1.53. The number of hydrogen-bond donors (Lipinski definition) is 0. The van der Waals surface area contributed by atoms with Crippen molar-refractivity contribution in [2.75, 3.05) is 19.8 Å². The number of carbonyl (C=O) groups is 3. The summed E-state index contributed by atoms with van der Waals surface area (Å²) in [5.74, 6) is -2.68. The van der Waals surface area contributed by atoms with E-state index in [1.54, 1.807) is 4.90 Å². The van der Waals surface area contributed by atoms with Gasteiger partial charge in [0.25, 0.3) is 0 Å². The van der Waals surface area contributed by atoms with Gasteiger partial charge in [-0.2, -0.15) is 13.2 Å². The van der Waals surface area contributed by atoms with Crippen LogP contribution in [0.2, 0.25) is 0 Å². The molecule has 1 aromatic carbocycles. The molecular weight excluding hydrogens is 397 g/mol. The van der Waals surface area contributed by atoms with Crippen molar-refractivity contribution in [3.8, 4) is 0 Å². The summed E-state index contributed by atoms with van der Waals surface area (Å²) in [6.07, 6.45) is -3.23. The molecule has 0 spiro atoms. The number of nitrogens with zero attached hydrogens (tertiary/aromatic N) is 4. The van der Waals surface area contributed by atoms with Crippen LogP contribution in [0.4, 0.5) is 18.0 Å². The van der Waals surface area contributed by atoms with Crippen LogP contribution in [0, 0.1) is 0 Å². The van der Waals surface area contributed by atoms with Gasteiger partial charge in [0.1, 0.15) is 11.6 Å². The van der Waals surface area contributed by atoms with Crippen LogP contribution in [0.15, 0.2) is 24.3 Å².